The maximum atomic E-state index is 12.1. The molecule has 1 fully saturated rings. The summed E-state index contributed by atoms with van der Waals surface area (Å²) in [5.41, 5.74) is 0.638. The number of benzene rings is 1. The van der Waals surface area contributed by atoms with E-state index in [2.05, 4.69) is 5.32 Å². The van der Waals surface area contributed by atoms with Gasteiger partial charge in [0.25, 0.3) is 5.91 Å². The van der Waals surface area contributed by atoms with Crippen LogP contribution in [0.4, 0.5) is 0 Å². The lowest BCUT2D eigenvalue weighted by atomic mass is 9.92. The van der Waals surface area contributed by atoms with Crippen LogP contribution in [-0.4, -0.2) is 47.6 Å². The molecule has 2 rings (SSSR count). The summed E-state index contributed by atoms with van der Waals surface area (Å²) in [5.74, 6) is 0.350. The van der Waals surface area contributed by atoms with E-state index in [0.717, 1.165) is 25.9 Å². The summed E-state index contributed by atoms with van der Waals surface area (Å²) in [6.45, 7) is 3.77. The summed E-state index contributed by atoms with van der Waals surface area (Å²) >= 11 is 0. The fourth-order valence-corrected chi connectivity index (χ4v) is 2.92. The van der Waals surface area contributed by atoms with Gasteiger partial charge in [-0.3, -0.25) is 9.59 Å². The van der Waals surface area contributed by atoms with Crippen molar-refractivity contribution in [2.75, 3.05) is 19.6 Å². The number of carbonyl (C=O) groups is 2. The quantitative estimate of drug-likeness (QED) is 0.786. The summed E-state index contributed by atoms with van der Waals surface area (Å²) in [7, 11) is 0. The van der Waals surface area contributed by atoms with Crippen molar-refractivity contribution >= 4 is 11.8 Å². The van der Waals surface area contributed by atoms with Crippen LogP contribution in [0, 0.1) is 5.92 Å². The summed E-state index contributed by atoms with van der Waals surface area (Å²) in [4.78, 5) is 25.9. The molecule has 0 spiro atoms. The van der Waals surface area contributed by atoms with Crippen molar-refractivity contribution < 1.29 is 14.7 Å². The van der Waals surface area contributed by atoms with Crippen molar-refractivity contribution in [3.05, 3.63) is 35.9 Å². The van der Waals surface area contributed by atoms with Crippen LogP contribution >= 0.6 is 0 Å². The number of carbonyl (C=O) groups excluding carboxylic acids is 2. The zero-order valence-electron chi connectivity index (χ0n) is 13.7. The first kappa shape index (κ1) is 17.5. The van der Waals surface area contributed by atoms with E-state index in [-0.39, 0.29) is 17.9 Å². The second-order valence-electron chi connectivity index (χ2n) is 6.18. The minimum Gasteiger partial charge on any atom is -0.393 e. The predicted molar refractivity (Wildman–Crippen MR) is 89.0 cm³/mol. The van der Waals surface area contributed by atoms with E-state index < -0.39 is 0 Å². The highest BCUT2D eigenvalue weighted by Gasteiger charge is 2.24. The monoisotopic (exact) mass is 318 g/mol. The predicted octanol–water partition coefficient (Wildman–Crippen LogP) is 1.82. The molecule has 5 nitrogen and oxygen atoms in total. The number of nitrogens with one attached hydrogen (secondary N) is 1. The van der Waals surface area contributed by atoms with Crippen LogP contribution in [0.2, 0.25) is 0 Å². The van der Waals surface area contributed by atoms with Gasteiger partial charge in [-0.05, 0) is 44.2 Å². The molecule has 1 aliphatic rings. The van der Waals surface area contributed by atoms with Gasteiger partial charge in [0.15, 0.2) is 0 Å². The largest absolute Gasteiger partial charge is 0.393 e. The number of rotatable bonds is 6. The van der Waals surface area contributed by atoms with E-state index >= 15 is 0 Å². The van der Waals surface area contributed by atoms with Gasteiger partial charge in [0.2, 0.25) is 5.91 Å². The fraction of sp³-hybridized carbons (Fsp3) is 0.556. The lowest BCUT2D eigenvalue weighted by molar-refractivity contribution is -0.133. The minimum atomic E-state index is -0.291. The van der Waals surface area contributed by atoms with Gasteiger partial charge < -0.3 is 15.3 Å². The molecule has 1 heterocycles. The van der Waals surface area contributed by atoms with E-state index in [1.54, 1.807) is 12.1 Å². The third-order valence-electron chi connectivity index (χ3n) is 4.46. The Labute approximate surface area is 137 Å². The molecule has 1 aliphatic heterocycles. The van der Waals surface area contributed by atoms with Crippen LogP contribution < -0.4 is 5.32 Å². The molecule has 0 aromatic heterocycles. The SMILES string of the molecule is CC(O)C1CCN(C(=O)CCCNC(=O)c2ccccc2)CC1. The molecule has 1 atom stereocenters. The molecule has 1 aromatic rings. The number of piperidine rings is 1. The molecule has 2 N–H and O–H groups in total. The first-order valence-electron chi connectivity index (χ1n) is 8.37. The van der Waals surface area contributed by atoms with Crippen molar-refractivity contribution in [2.24, 2.45) is 5.92 Å². The normalized spacial score (nSPS) is 16.9. The van der Waals surface area contributed by atoms with Crippen LogP contribution in [0.5, 0.6) is 0 Å². The van der Waals surface area contributed by atoms with Crippen molar-refractivity contribution in [1.29, 1.82) is 0 Å². The molecule has 5 heteroatoms. The van der Waals surface area contributed by atoms with Crippen molar-refractivity contribution in [3.63, 3.8) is 0 Å². The van der Waals surface area contributed by atoms with Crippen LogP contribution in [0.25, 0.3) is 0 Å². The van der Waals surface area contributed by atoms with Gasteiger partial charge in [-0.1, -0.05) is 18.2 Å². The van der Waals surface area contributed by atoms with Crippen molar-refractivity contribution in [1.82, 2.24) is 10.2 Å². The van der Waals surface area contributed by atoms with E-state index in [0.29, 0.717) is 30.9 Å². The number of amides is 2. The standard InChI is InChI=1S/C18H26N2O3/c1-14(21)15-9-12-20(13-10-15)17(22)8-5-11-19-18(23)16-6-3-2-4-7-16/h2-4,6-7,14-15,21H,5,8-13H2,1H3,(H,19,23). The van der Waals surface area contributed by atoms with Gasteiger partial charge in [0.05, 0.1) is 6.10 Å². The topological polar surface area (TPSA) is 69.6 Å². The maximum absolute atomic E-state index is 12.1. The highest BCUT2D eigenvalue weighted by Crippen LogP contribution is 2.21. The highest BCUT2D eigenvalue weighted by molar-refractivity contribution is 5.94. The van der Waals surface area contributed by atoms with Gasteiger partial charge in [-0.15, -0.1) is 0 Å². The third-order valence-corrected chi connectivity index (χ3v) is 4.46. The van der Waals surface area contributed by atoms with Crippen LogP contribution in [0.1, 0.15) is 43.0 Å². The van der Waals surface area contributed by atoms with Gasteiger partial charge in [-0.25, -0.2) is 0 Å². The van der Waals surface area contributed by atoms with Crippen LogP contribution in [-0.2, 0) is 4.79 Å². The Kier molecular flexibility index (Phi) is 6.59. The minimum absolute atomic E-state index is 0.101. The number of aliphatic hydroxyl groups excluding tert-OH is 1. The zero-order chi connectivity index (χ0) is 16.7. The first-order chi connectivity index (χ1) is 11.1. The Balaban J connectivity index is 1.63. The van der Waals surface area contributed by atoms with Gasteiger partial charge in [0.1, 0.15) is 0 Å². The van der Waals surface area contributed by atoms with E-state index in [9.17, 15) is 14.7 Å². The number of hydrogen-bond donors (Lipinski definition) is 2. The van der Waals surface area contributed by atoms with E-state index in [1.165, 1.54) is 0 Å². The van der Waals surface area contributed by atoms with E-state index in [1.807, 2.05) is 30.0 Å². The summed E-state index contributed by atoms with van der Waals surface area (Å²) < 4.78 is 0. The summed E-state index contributed by atoms with van der Waals surface area (Å²) in [5, 5.41) is 12.4. The first-order valence-corrected chi connectivity index (χ1v) is 8.37. The molecule has 1 unspecified atom stereocenters. The number of nitrogens with zero attached hydrogens (tertiary/aromatic N) is 1. The maximum Gasteiger partial charge on any atom is 0.251 e. The zero-order valence-corrected chi connectivity index (χ0v) is 13.7. The molecule has 126 valence electrons. The summed E-state index contributed by atoms with van der Waals surface area (Å²) in [6, 6.07) is 9.07. The van der Waals surface area contributed by atoms with Gasteiger partial charge in [0, 0.05) is 31.6 Å². The number of aliphatic hydroxyl groups is 1. The second kappa shape index (κ2) is 8.67. The Hall–Kier alpha value is -1.88. The van der Waals surface area contributed by atoms with Gasteiger partial charge >= 0.3 is 0 Å². The Morgan fingerprint density at radius 2 is 1.91 bits per heavy atom. The molecule has 0 aliphatic carbocycles. The Bertz CT molecular complexity index is 508. The second-order valence-corrected chi connectivity index (χ2v) is 6.18. The van der Waals surface area contributed by atoms with Crippen LogP contribution in [0.3, 0.4) is 0 Å². The number of likely N-dealkylation sites (tertiary alicyclic amines) is 1. The average molecular weight is 318 g/mol. The van der Waals surface area contributed by atoms with E-state index in [4.69, 9.17) is 0 Å². The molecule has 23 heavy (non-hydrogen) atoms. The number of hydrogen-bond acceptors (Lipinski definition) is 3. The molecule has 2 amide bonds. The smallest absolute Gasteiger partial charge is 0.251 e. The Morgan fingerprint density at radius 1 is 1.26 bits per heavy atom. The fourth-order valence-electron chi connectivity index (χ4n) is 2.92. The molecule has 1 aromatic carbocycles. The van der Waals surface area contributed by atoms with Gasteiger partial charge in [-0.2, -0.15) is 0 Å². The molecule has 0 bridgehead atoms. The average Bonchev–Trinajstić information content (AvgIpc) is 2.59. The molecular weight excluding hydrogens is 292 g/mol. The van der Waals surface area contributed by atoms with Crippen molar-refractivity contribution in [2.45, 2.75) is 38.7 Å². The highest BCUT2D eigenvalue weighted by atomic mass is 16.3. The summed E-state index contributed by atoms with van der Waals surface area (Å²) in [6.07, 6.45) is 2.55. The third kappa shape index (κ3) is 5.36. The molecule has 1 saturated heterocycles. The van der Waals surface area contributed by atoms with Crippen molar-refractivity contribution in [3.8, 4) is 0 Å². The Morgan fingerprint density at radius 3 is 2.52 bits per heavy atom. The molecule has 0 saturated carbocycles. The molecule has 0 radical (unpaired) electrons. The lowest BCUT2D eigenvalue weighted by Gasteiger charge is -2.33. The molecular formula is C18H26N2O3. The van der Waals surface area contributed by atoms with Crippen LogP contribution in [0.15, 0.2) is 30.3 Å². The lowest BCUT2D eigenvalue weighted by Crippen LogP contribution is -2.40.